The van der Waals surface area contributed by atoms with Crippen LogP contribution in [0.2, 0.25) is 0 Å². The minimum absolute atomic E-state index is 0.128. The summed E-state index contributed by atoms with van der Waals surface area (Å²) >= 11 is 0. The number of likely N-dealkylation sites (tertiary alicyclic amines) is 1. The molecule has 2 fully saturated rings. The Hall–Kier alpha value is -0.980. The predicted molar refractivity (Wildman–Crippen MR) is 101 cm³/mol. The van der Waals surface area contributed by atoms with Crippen molar-refractivity contribution in [3.05, 3.63) is 0 Å². The number of hydrogen-bond donors (Lipinski definition) is 1. The lowest BCUT2D eigenvalue weighted by Crippen LogP contribution is -2.46. The first-order valence-electron chi connectivity index (χ1n) is 10.3. The molecule has 0 aromatic heterocycles. The lowest BCUT2D eigenvalue weighted by atomic mass is 9.82. The van der Waals surface area contributed by atoms with Gasteiger partial charge in [0.2, 0.25) is 5.91 Å². The minimum Gasteiger partial charge on any atom is -0.379 e. The summed E-state index contributed by atoms with van der Waals surface area (Å²) in [5.41, 5.74) is 0. The van der Waals surface area contributed by atoms with Crippen molar-refractivity contribution in [2.75, 3.05) is 46.1 Å². The zero-order valence-corrected chi connectivity index (χ0v) is 16.5. The van der Waals surface area contributed by atoms with Crippen molar-refractivity contribution < 1.29 is 19.1 Å². The third-order valence-corrected chi connectivity index (χ3v) is 5.81. The Bertz CT molecular complexity index is 428. The molecule has 1 amide bonds. The van der Waals surface area contributed by atoms with Gasteiger partial charge >= 0.3 is 0 Å². The molecule has 6 heteroatoms. The van der Waals surface area contributed by atoms with Crippen LogP contribution in [0.1, 0.15) is 52.4 Å². The Morgan fingerprint density at radius 2 is 1.58 bits per heavy atom. The average molecular weight is 369 g/mol. The molecule has 0 bridgehead atoms. The van der Waals surface area contributed by atoms with Crippen LogP contribution in [0.3, 0.4) is 0 Å². The fraction of sp³-hybridized carbons (Fsp3) is 0.900. The molecule has 2 aliphatic rings. The van der Waals surface area contributed by atoms with Gasteiger partial charge in [0.1, 0.15) is 5.78 Å². The summed E-state index contributed by atoms with van der Waals surface area (Å²) in [6.07, 6.45) is 6.18. The number of ketones is 1. The molecule has 0 unspecified atom stereocenters. The molecule has 1 aliphatic carbocycles. The lowest BCUT2D eigenvalue weighted by molar-refractivity contribution is -0.127. The van der Waals surface area contributed by atoms with Crippen molar-refractivity contribution in [2.24, 2.45) is 11.8 Å². The van der Waals surface area contributed by atoms with Crippen LogP contribution in [-0.2, 0) is 19.1 Å². The molecule has 26 heavy (non-hydrogen) atoms. The van der Waals surface area contributed by atoms with Gasteiger partial charge in [0.05, 0.1) is 19.8 Å². The van der Waals surface area contributed by atoms with Crippen LogP contribution in [0, 0.1) is 11.8 Å². The van der Waals surface area contributed by atoms with Crippen LogP contribution in [0.5, 0.6) is 0 Å². The highest BCUT2D eigenvalue weighted by Gasteiger charge is 2.31. The topological polar surface area (TPSA) is 67.9 Å². The van der Waals surface area contributed by atoms with E-state index in [9.17, 15) is 9.59 Å². The zero-order chi connectivity index (χ0) is 18.8. The second-order valence-electron chi connectivity index (χ2n) is 7.53. The Morgan fingerprint density at radius 3 is 2.19 bits per heavy atom. The summed E-state index contributed by atoms with van der Waals surface area (Å²) in [6, 6.07) is 0.605. The SMILES string of the molecule is CCOCCOCCNC(=O)C1CCN(C2CCC(C(C)=O)CC2)CC1. The molecule has 0 aromatic rings. The average Bonchev–Trinajstić information content (AvgIpc) is 2.67. The largest absolute Gasteiger partial charge is 0.379 e. The van der Waals surface area contributed by atoms with Crippen molar-refractivity contribution in [3.8, 4) is 0 Å². The van der Waals surface area contributed by atoms with E-state index in [1.54, 1.807) is 6.92 Å². The van der Waals surface area contributed by atoms with E-state index in [-0.39, 0.29) is 17.7 Å². The van der Waals surface area contributed by atoms with Gasteiger partial charge < -0.3 is 19.7 Å². The van der Waals surface area contributed by atoms with Gasteiger partial charge in [-0.3, -0.25) is 9.59 Å². The highest BCUT2D eigenvalue weighted by atomic mass is 16.5. The van der Waals surface area contributed by atoms with E-state index in [0.717, 1.165) is 51.6 Å². The molecular formula is C20H36N2O4. The second-order valence-corrected chi connectivity index (χ2v) is 7.53. The highest BCUT2D eigenvalue weighted by Crippen LogP contribution is 2.30. The number of piperidine rings is 1. The maximum atomic E-state index is 12.3. The first-order chi connectivity index (χ1) is 12.6. The Kier molecular flexibility index (Phi) is 9.57. The molecule has 1 saturated heterocycles. The number of ether oxygens (including phenoxy) is 2. The number of Topliss-reactive ketones (excluding diaryl/α,β-unsaturated/α-hetero) is 1. The van der Waals surface area contributed by atoms with Crippen LogP contribution >= 0.6 is 0 Å². The number of nitrogens with zero attached hydrogens (tertiary/aromatic N) is 1. The minimum atomic E-state index is 0.128. The predicted octanol–water partition coefficient (Wildman–Crippen LogP) is 2.02. The second kappa shape index (κ2) is 11.7. The van der Waals surface area contributed by atoms with Crippen molar-refractivity contribution in [3.63, 3.8) is 0 Å². The molecule has 0 spiro atoms. The summed E-state index contributed by atoms with van der Waals surface area (Å²) in [6.45, 7) is 8.68. The number of carbonyl (C=O) groups is 2. The molecule has 150 valence electrons. The summed E-state index contributed by atoms with van der Waals surface area (Å²) in [5.74, 6) is 0.924. The van der Waals surface area contributed by atoms with Gasteiger partial charge in [-0.1, -0.05) is 0 Å². The van der Waals surface area contributed by atoms with E-state index in [4.69, 9.17) is 9.47 Å². The molecular weight excluding hydrogens is 332 g/mol. The first-order valence-corrected chi connectivity index (χ1v) is 10.3. The van der Waals surface area contributed by atoms with Crippen LogP contribution in [0.4, 0.5) is 0 Å². The fourth-order valence-corrected chi connectivity index (χ4v) is 4.13. The summed E-state index contributed by atoms with van der Waals surface area (Å²) < 4.78 is 10.6. The number of rotatable bonds is 10. The smallest absolute Gasteiger partial charge is 0.223 e. The summed E-state index contributed by atoms with van der Waals surface area (Å²) in [7, 11) is 0. The molecule has 1 N–H and O–H groups in total. The van der Waals surface area contributed by atoms with Gasteiger partial charge in [-0.05, 0) is 65.5 Å². The maximum Gasteiger partial charge on any atom is 0.223 e. The van der Waals surface area contributed by atoms with Crippen molar-refractivity contribution in [1.29, 1.82) is 0 Å². The molecule has 0 aromatic carbocycles. The molecule has 0 atom stereocenters. The summed E-state index contributed by atoms with van der Waals surface area (Å²) in [5, 5.41) is 3.00. The quantitative estimate of drug-likeness (QED) is 0.598. The third-order valence-electron chi connectivity index (χ3n) is 5.81. The van der Waals surface area contributed by atoms with E-state index < -0.39 is 0 Å². The molecule has 1 heterocycles. The number of hydrogen-bond acceptors (Lipinski definition) is 5. The molecule has 6 nitrogen and oxygen atoms in total. The van der Waals surface area contributed by atoms with Crippen LogP contribution in [0.15, 0.2) is 0 Å². The van der Waals surface area contributed by atoms with Gasteiger partial charge in [-0.2, -0.15) is 0 Å². The van der Waals surface area contributed by atoms with Gasteiger partial charge in [0, 0.05) is 31.0 Å². The van der Waals surface area contributed by atoms with E-state index in [2.05, 4.69) is 10.2 Å². The van der Waals surface area contributed by atoms with Gasteiger partial charge in [0.25, 0.3) is 0 Å². The van der Waals surface area contributed by atoms with Crippen molar-refractivity contribution >= 4 is 11.7 Å². The lowest BCUT2D eigenvalue weighted by Gasteiger charge is -2.40. The Labute approximate surface area is 158 Å². The number of amides is 1. The van der Waals surface area contributed by atoms with Gasteiger partial charge in [-0.15, -0.1) is 0 Å². The van der Waals surface area contributed by atoms with Crippen molar-refractivity contribution in [2.45, 2.75) is 58.4 Å². The number of carbonyl (C=O) groups excluding carboxylic acids is 2. The van der Waals surface area contributed by atoms with Crippen LogP contribution in [0.25, 0.3) is 0 Å². The fourth-order valence-electron chi connectivity index (χ4n) is 4.13. The third kappa shape index (κ3) is 6.97. The molecule has 2 rings (SSSR count). The molecule has 1 saturated carbocycles. The Morgan fingerprint density at radius 1 is 0.923 bits per heavy atom. The van der Waals surface area contributed by atoms with Gasteiger partial charge in [-0.25, -0.2) is 0 Å². The van der Waals surface area contributed by atoms with E-state index in [0.29, 0.717) is 44.8 Å². The van der Waals surface area contributed by atoms with Gasteiger partial charge in [0.15, 0.2) is 0 Å². The highest BCUT2D eigenvalue weighted by molar-refractivity contribution is 5.79. The molecule has 0 radical (unpaired) electrons. The van der Waals surface area contributed by atoms with Crippen molar-refractivity contribution in [1.82, 2.24) is 10.2 Å². The van der Waals surface area contributed by atoms with Crippen LogP contribution in [-0.4, -0.2) is 68.7 Å². The zero-order valence-electron chi connectivity index (χ0n) is 16.5. The standard InChI is InChI=1S/C20H36N2O4/c1-3-25-14-15-26-13-10-21-20(24)18-8-11-22(12-9-18)19-6-4-17(5-7-19)16(2)23/h17-19H,3-15H2,1-2H3,(H,21,24). The molecule has 1 aliphatic heterocycles. The number of nitrogens with one attached hydrogen (secondary N) is 1. The summed E-state index contributed by atoms with van der Waals surface area (Å²) in [4.78, 5) is 26.3. The van der Waals surface area contributed by atoms with E-state index in [1.807, 2.05) is 6.92 Å². The monoisotopic (exact) mass is 368 g/mol. The first kappa shape index (κ1) is 21.3. The van der Waals surface area contributed by atoms with E-state index in [1.165, 1.54) is 0 Å². The Balaban J connectivity index is 1.56. The normalized spacial score (nSPS) is 25.2. The van der Waals surface area contributed by atoms with Crippen LogP contribution < -0.4 is 5.32 Å². The maximum absolute atomic E-state index is 12.3. The van der Waals surface area contributed by atoms with E-state index >= 15 is 0 Å².